The van der Waals surface area contributed by atoms with Gasteiger partial charge in [0.2, 0.25) is 5.91 Å². The van der Waals surface area contributed by atoms with Crippen LogP contribution in [0.15, 0.2) is 0 Å². The molecule has 1 heterocycles. The molecule has 1 aliphatic heterocycles. The third kappa shape index (κ3) is 4.82. The lowest BCUT2D eigenvalue weighted by molar-refractivity contribution is -0.184. The molecule has 1 aliphatic carbocycles. The summed E-state index contributed by atoms with van der Waals surface area (Å²) in [5, 5.41) is 5.53. The first-order chi connectivity index (χ1) is 10.4. The van der Waals surface area contributed by atoms with Crippen LogP contribution in [-0.2, 0) is 4.79 Å². The Morgan fingerprint density at radius 1 is 1.32 bits per heavy atom. The molecule has 3 unspecified atom stereocenters. The van der Waals surface area contributed by atoms with Crippen molar-refractivity contribution in [1.82, 2.24) is 15.5 Å². The van der Waals surface area contributed by atoms with Crippen LogP contribution in [0.5, 0.6) is 0 Å². The Morgan fingerprint density at radius 3 is 2.59 bits per heavy atom. The number of nitrogens with two attached hydrogens (primary N) is 1. The van der Waals surface area contributed by atoms with Crippen molar-refractivity contribution >= 4 is 5.91 Å². The second kappa shape index (κ2) is 7.61. The Bertz CT molecular complexity index is 372. The Labute approximate surface area is 128 Å². The van der Waals surface area contributed by atoms with Crippen LogP contribution in [0.2, 0.25) is 0 Å². The van der Waals surface area contributed by atoms with Crippen molar-refractivity contribution in [2.45, 2.75) is 43.9 Å². The number of hydrogen-bond acceptors (Lipinski definition) is 4. The molecular weight excluding hydrogens is 297 g/mol. The first-order valence-electron chi connectivity index (χ1n) is 7.92. The summed E-state index contributed by atoms with van der Waals surface area (Å²) < 4.78 is 39.7. The van der Waals surface area contributed by atoms with E-state index >= 15 is 0 Å². The molecule has 128 valence electrons. The molecule has 22 heavy (non-hydrogen) atoms. The van der Waals surface area contributed by atoms with Crippen molar-refractivity contribution in [2.75, 3.05) is 32.7 Å². The van der Waals surface area contributed by atoms with Gasteiger partial charge in [-0.15, -0.1) is 0 Å². The predicted octanol–water partition coefficient (Wildman–Crippen LogP) is 0.456. The minimum absolute atomic E-state index is 0.0175. The Kier molecular flexibility index (Phi) is 6.05. The zero-order chi connectivity index (χ0) is 16.2. The molecule has 1 saturated heterocycles. The van der Waals surface area contributed by atoms with E-state index in [0.717, 1.165) is 12.8 Å². The number of hydrogen-bond donors (Lipinski definition) is 3. The molecule has 0 aromatic heterocycles. The lowest BCUT2D eigenvalue weighted by Gasteiger charge is -2.36. The molecular formula is C14H25F3N4O. The van der Waals surface area contributed by atoms with Crippen LogP contribution in [0.4, 0.5) is 13.2 Å². The van der Waals surface area contributed by atoms with Crippen LogP contribution in [0.3, 0.4) is 0 Å². The summed E-state index contributed by atoms with van der Waals surface area (Å²) in [5.74, 6) is -0.541. The van der Waals surface area contributed by atoms with Crippen LogP contribution in [-0.4, -0.2) is 61.8 Å². The van der Waals surface area contributed by atoms with Crippen LogP contribution in [0.25, 0.3) is 0 Å². The lowest BCUT2D eigenvalue weighted by Crippen LogP contribution is -2.58. The van der Waals surface area contributed by atoms with E-state index in [1.807, 2.05) is 0 Å². The Hall–Kier alpha value is -0.860. The zero-order valence-electron chi connectivity index (χ0n) is 12.7. The smallest absolute Gasteiger partial charge is 0.354 e. The number of carbonyl (C=O) groups excluding carboxylic acids is 1. The topological polar surface area (TPSA) is 70.4 Å². The minimum Gasteiger partial charge on any atom is -0.354 e. The molecule has 0 bridgehead atoms. The van der Waals surface area contributed by atoms with E-state index in [0.29, 0.717) is 39.0 Å². The second-order valence-electron chi connectivity index (χ2n) is 6.21. The fraction of sp³-hybridized carbons (Fsp3) is 0.929. The summed E-state index contributed by atoms with van der Waals surface area (Å²) in [6.07, 6.45) is -1.32. The molecule has 3 atom stereocenters. The molecule has 2 aliphatic rings. The zero-order valence-corrected chi connectivity index (χ0v) is 12.7. The molecule has 0 radical (unpaired) electrons. The van der Waals surface area contributed by atoms with Gasteiger partial charge in [0, 0.05) is 44.7 Å². The lowest BCUT2D eigenvalue weighted by atomic mass is 9.85. The third-order valence-corrected chi connectivity index (χ3v) is 4.53. The van der Waals surface area contributed by atoms with E-state index in [4.69, 9.17) is 5.73 Å². The number of halogens is 3. The van der Waals surface area contributed by atoms with E-state index in [9.17, 15) is 18.0 Å². The Balaban J connectivity index is 1.88. The summed E-state index contributed by atoms with van der Waals surface area (Å²) in [5.41, 5.74) is 5.83. The van der Waals surface area contributed by atoms with Gasteiger partial charge in [-0.2, -0.15) is 13.2 Å². The number of amides is 1. The maximum absolute atomic E-state index is 13.2. The summed E-state index contributed by atoms with van der Waals surface area (Å²) in [4.78, 5) is 13.5. The van der Waals surface area contributed by atoms with Gasteiger partial charge in [0.15, 0.2) is 0 Å². The summed E-state index contributed by atoms with van der Waals surface area (Å²) in [7, 11) is 0. The number of nitrogens with one attached hydrogen (secondary N) is 2. The SMILES string of the molecule is NC1CCCC(C(=O)NCC(N2CCNCC2)C(F)(F)F)C1. The number of nitrogens with zero attached hydrogens (tertiary/aromatic N) is 1. The molecule has 1 saturated carbocycles. The maximum atomic E-state index is 13.2. The van der Waals surface area contributed by atoms with Gasteiger partial charge in [-0.1, -0.05) is 6.42 Å². The highest BCUT2D eigenvalue weighted by molar-refractivity contribution is 5.78. The third-order valence-electron chi connectivity index (χ3n) is 4.53. The van der Waals surface area contributed by atoms with Gasteiger partial charge in [-0.05, 0) is 19.3 Å². The van der Waals surface area contributed by atoms with Gasteiger partial charge < -0.3 is 16.4 Å². The van der Waals surface area contributed by atoms with Gasteiger partial charge in [-0.25, -0.2) is 0 Å². The first kappa shape index (κ1) is 17.5. The molecule has 4 N–H and O–H groups in total. The fourth-order valence-electron chi connectivity index (χ4n) is 3.25. The van der Waals surface area contributed by atoms with Crippen molar-refractivity contribution in [1.29, 1.82) is 0 Å². The summed E-state index contributed by atoms with van der Waals surface area (Å²) in [6, 6.07) is -1.63. The van der Waals surface area contributed by atoms with Gasteiger partial charge in [-0.3, -0.25) is 9.69 Å². The first-order valence-corrected chi connectivity index (χ1v) is 7.92. The average Bonchev–Trinajstić information content (AvgIpc) is 2.47. The molecule has 0 aromatic carbocycles. The predicted molar refractivity (Wildman–Crippen MR) is 77.2 cm³/mol. The number of alkyl halides is 3. The molecule has 5 nitrogen and oxygen atoms in total. The highest BCUT2D eigenvalue weighted by Crippen LogP contribution is 2.26. The van der Waals surface area contributed by atoms with Gasteiger partial charge in [0.25, 0.3) is 0 Å². The van der Waals surface area contributed by atoms with E-state index in [1.165, 1.54) is 4.90 Å². The number of piperazine rings is 1. The van der Waals surface area contributed by atoms with Crippen molar-refractivity contribution < 1.29 is 18.0 Å². The van der Waals surface area contributed by atoms with E-state index in [2.05, 4.69) is 10.6 Å². The van der Waals surface area contributed by atoms with Gasteiger partial charge in [0.05, 0.1) is 0 Å². The molecule has 8 heteroatoms. The molecule has 1 amide bonds. The molecule has 2 rings (SSSR count). The highest BCUT2D eigenvalue weighted by atomic mass is 19.4. The summed E-state index contributed by atoms with van der Waals surface area (Å²) in [6.45, 7) is 1.38. The summed E-state index contributed by atoms with van der Waals surface area (Å²) >= 11 is 0. The van der Waals surface area contributed by atoms with E-state index in [1.54, 1.807) is 0 Å². The average molecular weight is 322 g/mol. The van der Waals surface area contributed by atoms with E-state index < -0.39 is 12.2 Å². The van der Waals surface area contributed by atoms with Crippen molar-refractivity contribution in [3.8, 4) is 0 Å². The van der Waals surface area contributed by atoms with Crippen LogP contribution < -0.4 is 16.4 Å². The molecule has 2 fully saturated rings. The standard InChI is InChI=1S/C14H25F3N4O/c15-14(16,17)12(21-6-4-19-5-7-21)9-20-13(22)10-2-1-3-11(18)8-10/h10-12,19H,1-9,18H2,(H,20,22). The monoisotopic (exact) mass is 322 g/mol. The quantitative estimate of drug-likeness (QED) is 0.703. The van der Waals surface area contributed by atoms with Crippen molar-refractivity contribution in [2.24, 2.45) is 11.7 Å². The highest BCUT2D eigenvalue weighted by Gasteiger charge is 2.44. The largest absolute Gasteiger partial charge is 0.405 e. The van der Waals surface area contributed by atoms with E-state index in [-0.39, 0.29) is 24.4 Å². The van der Waals surface area contributed by atoms with Crippen molar-refractivity contribution in [3.05, 3.63) is 0 Å². The van der Waals surface area contributed by atoms with Gasteiger partial charge >= 0.3 is 6.18 Å². The van der Waals surface area contributed by atoms with Crippen LogP contribution in [0.1, 0.15) is 25.7 Å². The Morgan fingerprint density at radius 2 is 2.00 bits per heavy atom. The molecule has 0 spiro atoms. The number of rotatable bonds is 4. The van der Waals surface area contributed by atoms with Crippen LogP contribution >= 0.6 is 0 Å². The van der Waals surface area contributed by atoms with Crippen molar-refractivity contribution in [3.63, 3.8) is 0 Å². The molecule has 0 aromatic rings. The minimum atomic E-state index is -4.34. The maximum Gasteiger partial charge on any atom is 0.405 e. The number of carbonyl (C=O) groups is 1. The fourth-order valence-corrected chi connectivity index (χ4v) is 3.25. The van der Waals surface area contributed by atoms with Gasteiger partial charge in [0.1, 0.15) is 6.04 Å². The van der Waals surface area contributed by atoms with Crippen LogP contribution in [0, 0.1) is 5.92 Å². The second-order valence-corrected chi connectivity index (χ2v) is 6.21. The normalized spacial score (nSPS) is 29.1.